The maximum atomic E-state index is 13.8. The number of amides is 2. The van der Waals surface area contributed by atoms with Crippen molar-refractivity contribution in [2.75, 3.05) is 6.54 Å². The molecule has 0 aromatic heterocycles. The van der Waals surface area contributed by atoms with Gasteiger partial charge in [0.25, 0.3) is 5.91 Å². The zero-order valence-corrected chi connectivity index (χ0v) is 17.7. The first kappa shape index (κ1) is 22.3. The molecule has 0 spiro atoms. The van der Waals surface area contributed by atoms with Crippen molar-refractivity contribution in [1.82, 2.24) is 10.2 Å². The topological polar surface area (TPSA) is 49.4 Å². The summed E-state index contributed by atoms with van der Waals surface area (Å²) in [5.41, 5.74) is 2.02. The summed E-state index contributed by atoms with van der Waals surface area (Å²) in [6, 6.07) is 6.40. The lowest BCUT2D eigenvalue weighted by Crippen LogP contribution is -2.42. The molecule has 0 atom stereocenters. The highest BCUT2D eigenvalue weighted by Crippen LogP contribution is 2.33. The normalized spacial score (nSPS) is 16.3. The molecule has 1 saturated carbocycles. The van der Waals surface area contributed by atoms with Crippen molar-refractivity contribution in [2.24, 2.45) is 5.92 Å². The minimum atomic E-state index is -4.76. The fraction of sp³-hybridized carbons (Fsp3) is 0.417. The van der Waals surface area contributed by atoms with Crippen LogP contribution in [0.5, 0.6) is 0 Å². The smallest absolute Gasteiger partial charge is 0.348 e. The maximum absolute atomic E-state index is 13.8. The molecule has 0 bridgehead atoms. The molecular weight excluding hydrogens is 424 g/mol. The van der Waals surface area contributed by atoms with Crippen LogP contribution in [-0.4, -0.2) is 23.3 Å². The van der Waals surface area contributed by atoms with Crippen LogP contribution >= 0.6 is 0 Å². The summed E-state index contributed by atoms with van der Waals surface area (Å²) in [6.07, 6.45) is -1.23. The van der Waals surface area contributed by atoms with E-state index < -0.39 is 17.6 Å². The van der Waals surface area contributed by atoms with Crippen molar-refractivity contribution >= 4 is 11.8 Å². The fourth-order valence-electron chi connectivity index (χ4n) is 4.36. The number of rotatable bonds is 4. The number of benzene rings is 2. The summed E-state index contributed by atoms with van der Waals surface area (Å²) >= 11 is 0. The molecule has 1 aliphatic carbocycles. The Kier molecular flexibility index (Phi) is 5.97. The van der Waals surface area contributed by atoms with Crippen LogP contribution in [0, 0.1) is 18.7 Å². The van der Waals surface area contributed by atoms with E-state index in [1.165, 1.54) is 0 Å². The van der Waals surface area contributed by atoms with E-state index in [0.717, 1.165) is 48.1 Å². The molecule has 2 aromatic rings. The van der Waals surface area contributed by atoms with Crippen LogP contribution < -0.4 is 5.32 Å². The van der Waals surface area contributed by atoms with E-state index in [2.05, 4.69) is 5.32 Å². The first-order valence-electron chi connectivity index (χ1n) is 10.7. The third-order valence-corrected chi connectivity index (χ3v) is 6.40. The molecule has 1 N–H and O–H groups in total. The van der Waals surface area contributed by atoms with Crippen molar-refractivity contribution in [3.63, 3.8) is 0 Å². The van der Waals surface area contributed by atoms with Gasteiger partial charge in [0.1, 0.15) is 5.82 Å². The molecule has 2 amide bonds. The summed E-state index contributed by atoms with van der Waals surface area (Å²) in [7, 11) is 0. The molecular formula is C24H24F4N2O2. The van der Waals surface area contributed by atoms with Gasteiger partial charge < -0.3 is 10.2 Å². The largest absolute Gasteiger partial charge is 0.419 e. The van der Waals surface area contributed by atoms with Crippen LogP contribution in [0.1, 0.15) is 57.4 Å². The Hall–Kier alpha value is -2.90. The molecule has 1 aliphatic heterocycles. The van der Waals surface area contributed by atoms with Crippen LogP contribution in [0.2, 0.25) is 0 Å². The van der Waals surface area contributed by atoms with Gasteiger partial charge in [-0.2, -0.15) is 13.2 Å². The molecule has 0 unspecified atom stereocenters. The van der Waals surface area contributed by atoms with E-state index >= 15 is 0 Å². The highest BCUT2D eigenvalue weighted by molar-refractivity contribution is 5.97. The van der Waals surface area contributed by atoms with Gasteiger partial charge in [0.2, 0.25) is 5.91 Å². The molecule has 8 heteroatoms. The van der Waals surface area contributed by atoms with Gasteiger partial charge in [0.15, 0.2) is 0 Å². The van der Waals surface area contributed by atoms with Gasteiger partial charge in [-0.1, -0.05) is 24.6 Å². The summed E-state index contributed by atoms with van der Waals surface area (Å²) in [5, 5.41) is 2.69. The van der Waals surface area contributed by atoms with E-state index in [0.29, 0.717) is 31.1 Å². The summed E-state index contributed by atoms with van der Waals surface area (Å²) in [6.45, 7) is 2.74. The molecule has 4 nitrogen and oxygen atoms in total. The number of aryl methyl sites for hydroxylation is 1. The van der Waals surface area contributed by atoms with Gasteiger partial charge in [-0.15, -0.1) is 0 Å². The second-order valence-electron chi connectivity index (χ2n) is 8.53. The number of carbonyl (C=O) groups excluding carboxylic acids is 2. The number of halogens is 4. The van der Waals surface area contributed by atoms with E-state index in [1.807, 2.05) is 24.0 Å². The molecule has 0 radical (unpaired) electrons. The fourth-order valence-corrected chi connectivity index (χ4v) is 4.36. The van der Waals surface area contributed by atoms with E-state index in [1.54, 1.807) is 0 Å². The molecule has 0 saturated heterocycles. The average molecular weight is 448 g/mol. The maximum Gasteiger partial charge on any atom is 0.419 e. The molecule has 2 aliphatic rings. The van der Waals surface area contributed by atoms with Gasteiger partial charge in [-0.3, -0.25) is 9.59 Å². The molecule has 1 heterocycles. The Bertz CT molecular complexity index is 1060. The highest BCUT2D eigenvalue weighted by atomic mass is 19.4. The summed E-state index contributed by atoms with van der Waals surface area (Å²) < 4.78 is 52.0. The minimum absolute atomic E-state index is 0.0940. The second kappa shape index (κ2) is 8.56. The first-order valence-corrected chi connectivity index (χ1v) is 10.7. The van der Waals surface area contributed by atoms with Crippen LogP contribution in [-0.2, 0) is 30.5 Å². The monoisotopic (exact) mass is 448 g/mol. The zero-order valence-electron chi connectivity index (χ0n) is 17.7. The number of hydrogen-bond acceptors (Lipinski definition) is 2. The molecule has 1 fully saturated rings. The van der Waals surface area contributed by atoms with Crippen LogP contribution in [0.4, 0.5) is 17.6 Å². The van der Waals surface area contributed by atoms with E-state index in [4.69, 9.17) is 0 Å². The quantitative estimate of drug-likeness (QED) is 0.686. The molecule has 4 rings (SSSR count). The Balaban J connectivity index is 1.48. The number of nitrogens with zero attached hydrogens (tertiary/aromatic N) is 1. The van der Waals surface area contributed by atoms with Gasteiger partial charge in [-0.25, -0.2) is 4.39 Å². The lowest BCUT2D eigenvalue weighted by molar-refractivity contribution is -0.140. The first-order chi connectivity index (χ1) is 15.1. The van der Waals surface area contributed by atoms with Crippen LogP contribution in [0.3, 0.4) is 0 Å². The second-order valence-corrected chi connectivity index (χ2v) is 8.53. The third-order valence-electron chi connectivity index (χ3n) is 6.40. The molecule has 2 aromatic carbocycles. The van der Waals surface area contributed by atoms with Crippen molar-refractivity contribution in [1.29, 1.82) is 0 Å². The van der Waals surface area contributed by atoms with Crippen molar-refractivity contribution in [3.8, 4) is 0 Å². The standard InChI is InChI=1S/C24H24F4N2O2/c1-14-5-7-17-13-30(23(32)16-3-2-4-16)10-9-18(17)21(14)22(31)29-12-15-6-8-19(20(25)11-15)24(26,27)28/h5-8,11,16H,2-4,9-10,12-13H2,1H3,(H,29,31). The number of alkyl halides is 3. The van der Waals surface area contributed by atoms with Gasteiger partial charge >= 0.3 is 6.18 Å². The number of carbonyl (C=O) groups is 2. The zero-order chi connectivity index (χ0) is 23.0. The van der Waals surface area contributed by atoms with Crippen molar-refractivity contribution < 1.29 is 27.2 Å². The highest BCUT2D eigenvalue weighted by Gasteiger charge is 2.34. The van der Waals surface area contributed by atoms with E-state index in [9.17, 15) is 27.2 Å². The Morgan fingerprint density at radius 3 is 2.53 bits per heavy atom. The number of nitrogens with one attached hydrogen (secondary N) is 1. The van der Waals surface area contributed by atoms with Crippen molar-refractivity contribution in [3.05, 3.63) is 69.5 Å². The van der Waals surface area contributed by atoms with Gasteiger partial charge in [-0.05, 0) is 60.6 Å². The predicted octanol–water partition coefficient (Wildman–Crippen LogP) is 4.77. The number of fused-ring (bicyclic) bond motifs is 1. The lowest BCUT2D eigenvalue weighted by Gasteiger charge is -2.35. The van der Waals surface area contributed by atoms with E-state index in [-0.39, 0.29) is 29.8 Å². The Morgan fingerprint density at radius 1 is 1.16 bits per heavy atom. The van der Waals surface area contributed by atoms with Crippen molar-refractivity contribution in [2.45, 2.75) is 51.9 Å². The predicted molar refractivity (Wildman–Crippen MR) is 110 cm³/mol. The lowest BCUT2D eigenvalue weighted by atomic mass is 9.83. The average Bonchev–Trinajstić information content (AvgIpc) is 2.69. The third kappa shape index (κ3) is 4.36. The van der Waals surface area contributed by atoms with Crippen LogP contribution in [0.15, 0.2) is 30.3 Å². The van der Waals surface area contributed by atoms with Crippen LogP contribution in [0.25, 0.3) is 0 Å². The molecule has 32 heavy (non-hydrogen) atoms. The SMILES string of the molecule is Cc1ccc2c(c1C(=O)NCc1ccc(C(F)(F)F)c(F)c1)CCN(C(=O)C1CCC1)C2. The number of hydrogen-bond donors (Lipinski definition) is 1. The summed E-state index contributed by atoms with van der Waals surface area (Å²) in [4.78, 5) is 27.4. The Labute approximate surface area is 183 Å². The van der Waals surface area contributed by atoms with Gasteiger partial charge in [0.05, 0.1) is 5.56 Å². The molecule has 170 valence electrons. The minimum Gasteiger partial charge on any atom is -0.348 e. The summed E-state index contributed by atoms with van der Waals surface area (Å²) in [5.74, 6) is -1.43. The van der Waals surface area contributed by atoms with Gasteiger partial charge in [0, 0.05) is 31.1 Å². The Morgan fingerprint density at radius 2 is 1.91 bits per heavy atom.